The Hall–Kier alpha value is -1.56. The molecule has 0 N–H and O–H groups in total. The molecule has 2 aromatic rings. The van der Waals surface area contributed by atoms with Gasteiger partial charge >= 0.3 is 0 Å². The summed E-state index contributed by atoms with van der Waals surface area (Å²) in [5.74, 6) is 0. The van der Waals surface area contributed by atoms with Gasteiger partial charge in [-0.25, -0.2) is 0 Å². The summed E-state index contributed by atoms with van der Waals surface area (Å²) in [7, 11) is 0. The second-order valence-corrected chi connectivity index (χ2v) is 6.43. The molecule has 0 nitrogen and oxygen atoms in total. The molecule has 0 spiro atoms. The molecule has 0 fully saturated rings. The van der Waals surface area contributed by atoms with Crippen molar-refractivity contribution in [3.63, 3.8) is 0 Å². The molecule has 0 aliphatic carbocycles. The topological polar surface area (TPSA) is 0 Å². The quantitative estimate of drug-likeness (QED) is 0.714. The van der Waals surface area contributed by atoms with Crippen LogP contribution < -0.4 is 0 Å². The van der Waals surface area contributed by atoms with E-state index in [0.717, 1.165) is 12.8 Å². The fourth-order valence-corrected chi connectivity index (χ4v) is 2.21. The largest absolute Gasteiger partial charge is 0.0591 e. The van der Waals surface area contributed by atoms with Crippen LogP contribution in [0.4, 0.5) is 0 Å². The van der Waals surface area contributed by atoms with E-state index in [1.165, 1.54) is 22.3 Å². The van der Waals surface area contributed by atoms with Crippen molar-refractivity contribution in [1.82, 2.24) is 0 Å². The molecule has 2 aromatic carbocycles. The molecule has 0 saturated carbocycles. The summed E-state index contributed by atoms with van der Waals surface area (Å²) in [5.41, 5.74) is 5.83. The SMILES string of the molecule is Cc1ccc(CCc2ccc(C(C)(C)C)cc2)cc1. The van der Waals surface area contributed by atoms with E-state index in [9.17, 15) is 0 Å². The lowest BCUT2D eigenvalue weighted by molar-refractivity contribution is 0.590. The van der Waals surface area contributed by atoms with Gasteiger partial charge in [-0.15, -0.1) is 0 Å². The molecule has 0 aliphatic rings. The van der Waals surface area contributed by atoms with E-state index in [1.54, 1.807) is 0 Å². The average Bonchev–Trinajstić information content (AvgIpc) is 2.37. The Labute approximate surface area is 117 Å². The Kier molecular flexibility index (Phi) is 4.09. The Bertz CT molecular complexity index is 509. The monoisotopic (exact) mass is 252 g/mol. The van der Waals surface area contributed by atoms with E-state index in [0.29, 0.717) is 0 Å². The third kappa shape index (κ3) is 3.96. The average molecular weight is 252 g/mol. The van der Waals surface area contributed by atoms with Crippen molar-refractivity contribution in [2.24, 2.45) is 0 Å². The van der Waals surface area contributed by atoms with E-state index in [2.05, 4.69) is 76.2 Å². The smallest absolute Gasteiger partial charge is 0.0132 e. The standard InChI is InChI=1S/C19H24/c1-15-5-7-16(8-6-15)9-10-17-11-13-18(14-12-17)19(2,3)4/h5-8,11-14H,9-10H2,1-4H3. The third-order valence-corrected chi connectivity index (χ3v) is 3.64. The molecule has 0 aromatic heterocycles. The molecular formula is C19H24. The minimum atomic E-state index is 0.246. The molecule has 0 heterocycles. The van der Waals surface area contributed by atoms with Gasteiger partial charge in [-0.3, -0.25) is 0 Å². The van der Waals surface area contributed by atoms with E-state index < -0.39 is 0 Å². The summed E-state index contributed by atoms with van der Waals surface area (Å²) in [6, 6.07) is 17.9. The van der Waals surface area contributed by atoms with Gasteiger partial charge in [0.2, 0.25) is 0 Å². The highest BCUT2D eigenvalue weighted by molar-refractivity contribution is 5.29. The van der Waals surface area contributed by atoms with Crippen LogP contribution in [0.15, 0.2) is 48.5 Å². The molecular weight excluding hydrogens is 228 g/mol. The molecule has 19 heavy (non-hydrogen) atoms. The van der Waals surface area contributed by atoms with E-state index >= 15 is 0 Å². The summed E-state index contributed by atoms with van der Waals surface area (Å²) in [5, 5.41) is 0. The molecule has 0 atom stereocenters. The van der Waals surface area contributed by atoms with Crippen molar-refractivity contribution in [2.45, 2.75) is 46.0 Å². The lowest BCUT2D eigenvalue weighted by Crippen LogP contribution is -2.10. The van der Waals surface area contributed by atoms with E-state index in [1.807, 2.05) is 0 Å². The molecule has 0 aliphatic heterocycles. The summed E-state index contributed by atoms with van der Waals surface area (Å²) in [6.07, 6.45) is 2.24. The summed E-state index contributed by atoms with van der Waals surface area (Å²) < 4.78 is 0. The van der Waals surface area contributed by atoms with Gasteiger partial charge < -0.3 is 0 Å². The lowest BCUT2D eigenvalue weighted by atomic mass is 9.86. The fourth-order valence-electron chi connectivity index (χ4n) is 2.21. The van der Waals surface area contributed by atoms with Gasteiger partial charge in [0, 0.05) is 0 Å². The zero-order valence-corrected chi connectivity index (χ0v) is 12.5. The molecule has 0 unspecified atom stereocenters. The van der Waals surface area contributed by atoms with Crippen LogP contribution in [0.3, 0.4) is 0 Å². The normalized spacial score (nSPS) is 11.6. The molecule has 0 bridgehead atoms. The molecule has 0 heteroatoms. The third-order valence-electron chi connectivity index (χ3n) is 3.64. The predicted octanol–water partition coefficient (Wildman–Crippen LogP) is 5.08. The molecule has 2 rings (SSSR count). The maximum absolute atomic E-state index is 2.27. The van der Waals surface area contributed by atoms with Crippen molar-refractivity contribution in [3.05, 3.63) is 70.8 Å². The molecule has 100 valence electrons. The number of rotatable bonds is 3. The first-order valence-corrected chi connectivity index (χ1v) is 7.10. The van der Waals surface area contributed by atoms with Crippen molar-refractivity contribution in [1.29, 1.82) is 0 Å². The second-order valence-electron chi connectivity index (χ2n) is 6.43. The maximum atomic E-state index is 2.27. The lowest BCUT2D eigenvalue weighted by Gasteiger charge is -2.19. The Morgan fingerprint density at radius 1 is 0.684 bits per heavy atom. The van der Waals surface area contributed by atoms with Crippen LogP contribution in [-0.4, -0.2) is 0 Å². The van der Waals surface area contributed by atoms with Gasteiger partial charge in [0.05, 0.1) is 0 Å². The van der Waals surface area contributed by atoms with Gasteiger partial charge in [-0.05, 0) is 41.9 Å². The van der Waals surface area contributed by atoms with Gasteiger partial charge in [0.25, 0.3) is 0 Å². The Balaban J connectivity index is 1.98. The van der Waals surface area contributed by atoms with Crippen LogP contribution in [0.5, 0.6) is 0 Å². The highest BCUT2D eigenvalue weighted by Crippen LogP contribution is 2.22. The number of hydrogen-bond acceptors (Lipinski definition) is 0. The van der Waals surface area contributed by atoms with Crippen LogP contribution in [0.1, 0.15) is 43.0 Å². The minimum Gasteiger partial charge on any atom is -0.0591 e. The summed E-state index contributed by atoms with van der Waals surface area (Å²) in [6.45, 7) is 8.91. The van der Waals surface area contributed by atoms with Crippen LogP contribution in [0.2, 0.25) is 0 Å². The number of hydrogen-bond donors (Lipinski definition) is 0. The van der Waals surface area contributed by atoms with E-state index in [4.69, 9.17) is 0 Å². The van der Waals surface area contributed by atoms with Crippen molar-refractivity contribution in [2.75, 3.05) is 0 Å². The minimum absolute atomic E-state index is 0.246. The van der Waals surface area contributed by atoms with Gasteiger partial charge in [0.1, 0.15) is 0 Å². The zero-order valence-electron chi connectivity index (χ0n) is 12.5. The number of benzene rings is 2. The van der Waals surface area contributed by atoms with Gasteiger partial charge in [-0.1, -0.05) is 74.9 Å². The summed E-state index contributed by atoms with van der Waals surface area (Å²) >= 11 is 0. The van der Waals surface area contributed by atoms with Crippen molar-refractivity contribution >= 4 is 0 Å². The first-order valence-electron chi connectivity index (χ1n) is 7.10. The second kappa shape index (κ2) is 5.61. The van der Waals surface area contributed by atoms with Crippen LogP contribution >= 0.6 is 0 Å². The van der Waals surface area contributed by atoms with Crippen LogP contribution in [-0.2, 0) is 18.3 Å². The first-order chi connectivity index (χ1) is 8.95. The Morgan fingerprint density at radius 3 is 1.53 bits per heavy atom. The van der Waals surface area contributed by atoms with Crippen LogP contribution in [0, 0.1) is 6.92 Å². The van der Waals surface area contributed by atoms with Gasteiger partial charge in [-0.2, -0.15) is 0 Å². The highest BCUT2D eigenvalue weighted by atomic mass is 14.2. The van der Waals surface area contributed by atoms with E-state index in [-0.39, 0.29) is 5.41 Å². The maximum Gasteiger partial charge on any atom is -0.0132 e. The predicted molar refractivity (Wildman–Crippen MR) is 83.7 cm³/mol. The van der Waals surface area contributed by atoms with Gasteiger partial charge in [0.15, 0.2) is 0 Å². The van der Waals surface area contributed by atoms with Crippen LogP contribution in [0.25, 0.3) is 0 Å². The Morgan fingerprint density at radius 2 is 1.11 bits per heavy atom. The summed E-state index contributed by atoms with van der Waals surface area (Å²) in [4.78, 5) is 0. The van der Waals surface area contributed by atoms with Crippen molar-refractivity contribution < 1.29 is 0 Å². The molecule has 0 saturated heterocycles. The molecule has 0 amide bonds. The van der Waals surface area contributed by atoms with Crippen molar-refractivity contribution in [3.8, 4) is 0 Å². The molecule has 0 radical (unpaired) electrons. The zero-order chi connectivity index (χ0) is 13.9. The first kappa shape index (κ1) is 13.9. The highest BCUT2D eigenvalue weighted by Gasteiger charge is 2.12. The number of aryl methyl sites for hydroxylation is 3. The fraction of sp³-hybridized carbons (Fsp3) is 0.368.